The van der Waals surface area contributed by atoms with Crippen LogP contribution in [0.4, 0.5) is 5.95 Å². The molecule has 0 radical (unpaired) electrons. The summed E-state index contributed by atoms with van der Waals surface area (Å²) in [5, 5.41) is 7.75. The Labute approximate surface area is 128 Å². The van der Waals surface area contributed by atoms with Crippen molar-refractivity contribution in [3.63, 3.8) is 0 Å². The Kier molecular flexibility index (Phi) is 3.35. The smallest absolute Gasteiger partial charge is 0.266 e. The molecule has 0 saturated carbocycles. The fourth-order valence-electron chi connectivity index (χ4n) is 2.82. The van der Waals surface area contributed by atoms with Crippen molar-refractivity contribution >= 4 is 17.7 Å². The highest BCUT2D eigenvalue weighted by Crippen LogP contribution is 2.46. The second-order valence-electron chi connectivity index (χ2n) is 5.59. The van der Waals surface area contributed by atoms with E-state index in [0.29, 0.717) is 0 Å². The van der Waals surface area contributed by atoms with Crippen molar-refractivity contribution in [3.8, 4) is 0 Å². The van der Waals surface area contributed by atoms with Crippen LogP contribution in [-0.2, 0) is 6.42 Å². The molecular weight excluding hydrogens is 284 g/mol. The van der Waals surface area contributed by atoms with Gasteiger partial charge in [-0.3, -0.25) is 0 Å². The first-order chi connectivity index (χ1) is 10.3. The highest BCUT2D eigenvalue weighted by atomic mass is 32.2. The van der Waals surface area contributed by atoms with E-state index in [9.17, 15) is 0 Å². The van der Waals surface area contributed by atoms with Gasteiger partial charge in [-0.1, -0.05) is 17.7 Å². The summed E-state index contributed by atoms with van der Waals surface area (Å²) in [6, 6.07) is 6.63. The molecule has 2 aliphatic heterocycles. The third kappa shape index (κ3) is 2.53. The van der Waals surface area contributed by atoms with Crippen LogP contribution < -0.4 is 10.2 Å². The molecule has 6 heteroatoms. The van der Waals surface area contributed by atoms with Crippen LogP contribution in [0.15, 0.2) is 27.6 Å². The van der Waals surface area contributed by atoms with E-state index in [4.69, 9.17) is 4.52 Å². The first-order valence-electron chi connectivity index (χ1n) is 7.35. The molecule has 4 rings (SSSR count). The highest BCUT2D eigenvalue weighted by molar-refractivity contribution is 7.99. The van der Waals surface area contributed by atoms with Crippen molar-refractivity contribution in [2.75, 3.05) is 31.1 Å². The number of thioether (sulfide) groups is 1. The topological polar surface area (TPSA) is 54.2 Å². The lowest BCUT2D eigenvalue weighted by Crippen LogP contribution is -2.44. The molecule has 1 N–H and O–H groups in total. The Morgan fingerprint density at radius 3 is 3.05 bits per heavy atom. The fourth-order valence-corrected chi connectivity index (χ4v) is 4.15. The maximum Gasteiger partial charge on any atom is 0.266 e. The second-order valence-corrected chi connectivity index (χ2v) is 6.84. The van der Waals surface area contributed by atoms with Gasteiger partial charge in [0, 0.05) is 31.1 Å². The molecule has 2 aromatic rings. The number of hydrogen-bond donors (Lipinski definition) is 1. The standard InChI is InChI=1S/C15H18N4OS/c1-10-2-3-11-9-13(21-12(11)8-10)14-17-15(18-20-14)19-6-4-16-5-7-19/h2-3,8,13,16H,4-7,9H2,1H3. The number of hydrogen-bond acceptors (Lipinski definition) is 6. The maximum absolute atomic E-state index is 5.52. The predicted molar refractivity (Wildman–Crippen MR) is 82.9 cm³/mol. The molecule has 110 valence electrons. The Bertz CT molecular complexity index is 651. The van der Waals surface area contributed by atoms with Crippen LogP contribution in [-0.4, -0.2) is 36.3 Å². The molecular formula is C15H18N4OS. The van der Waals surface area contributed by atoms with E-state index in [1.165, 1.54) is 16.0 Å². The molecule has 1 fully saturated rings. The van der Waals surface area contributed by atoms with Crippen LogP contribution in [0.25, 0.3) is 0 Å². The van der Waals surface area contributed by atoms with Crippen molar-refractivity contribution in [2.45, 2.75) is 23.5 Å². The minimum Gasteiger partial charge on any atom is -0.336 e. The van der Waals surface area contributed by atoms with Gasteiger partial charge in [0.15, 0.2) is 0 Å². The van der Waals surface area contributed by atoms with Crippen LogP contribution in [0.2, 0.25) is 0 Å². The molecule has 0 amide bonds. The zero-order valence-electron chi connectivity index (χ0n) is 12.0. The zero-order valence-corrected chi connectivity index (χ0v) is 12.8. The van der Waals surface area contributed by atoms with Gasteiger partial charge >= 0.3 is 0 Å². The second kappa shape index (κ2) is 5.35. The molecule has 5 nitrogen and oxygen atoms in total. The Balaban J connectivity index is 1.52. The summed E-state index contributed by atoms with van der Waals surface area (Å²) >= 11 is 1.84. The van der Waals surface area contributed by atoms with Crippen molar-refractivity contribution < 1.29 is 4.52 Å². The number of nitrogens with one attached hydrogen (secondary N) is 1. The molecule has 1 atom stereocenters. The van der Waals surface area contributed by atoms with Gasteiger partial charge in [0.1, 0.15) is 0 Å². The minimum atomic E-state index is 0.256. The normalized spacial score (nSPS) is 21.6. The number of fused-ring (bicyclic) bond motifs is 1. The molecule has 1 aromatic heterocycles. The lowest BCUT2D eigenvalue weighted by molar-refractivity contribution is 0.375. The molecule has 0 bridgehead atoms. The zero-order chi connectivity index (χ0) is 14.2. The van der Waals surface area contributed by atoms with Gasteiger partial charge in [0.25, 0.3) is 5.95 Å². The lowest BCUT2D eigenvalue weighted by Gasteiger charge is -2.25. The summed E-state index contributed by atoms with van der Waals surface area (Å²) in [5.41, 5.74) is 2.69. The highest BCUT2D eigenvalue weighted by Gasteiger charge is 2.29. The van der Waals surface area contributed by atoms with Crippen LogP contribution in [0, 0.1) is 6.92 Å². The molecule has 0 aliphatic carbocycles. The summed E-state index contributed by atoms with van der Waals surface area (Å²) < 4.78 is 5.52. The fraction of sp³-hybridized carbons (Fsp3) is 0.467. The van der Waals surface area contributed by atoms with Gasteiger partial charge in [-0.15, -0.1) is 11.8 Å². The van der Waals surface area contributed by atoms with Crippen LogP contribution in [0.1, 0.15) is 22.3 Å². The lowest BCUT2D eigenvalue weighted by atomic mass is 10.1. The van der Waals surface area contributed by atoms with Gasteiger partial charge in [-0.05, 0) is 30.1 Å². The molecule has 0 spiro atoms. The van der Waals surface area contributed by atoms with Crippen LogP contribution >= 0.6 is 11.8 Å². The van der Waals surface area contributed by atoms with E-state index in [2.05, 4.69) is 45.5 Å². The number of piperazine rings is 1. The number of benzene rings is 1. The molecule has 3 heterocycles. The van der Waals surface area contributed by atoms with E-state index in [-0.39, 0.29) is 5.25 Å². The average Bonchev–Trinajstić information content (AvgIpc) is 3.14. The van der Waals surface area contributed by atoms with E-state index in [1.807, 2.05) is 11.8 Å². The summed E-state index contributed by atoms with van der Waals surface area (Å²) in [6.07, 6.45) is 0.976. The quantitative estimate of drug-likeness (QED) is 0.917. The van der Waals surface area contributed by atoms with Gasteiger partial charge in [0.2, 0.25) is 5.89 Å². The van der Waals surface area contributed by atoms with Crippen molar-refractivity contribution in [2.24, 2.45) is 0 Å². The molecule has 1 saturated heterocycles. The van der Waals surface area contributed by atoms with Crippen LogP contribution in [0.3, 0.4) is 0 Å². The third-order valence-electron chi connectivity index (χ3n) is 4.00. The Hall–Kier alpha value is -1.53. The van der Waals surface area contributed by atoms with Crippen molar-refractivity contribution in [1.82, 2.24) is 15.5 Å². The first kappa shape index (κ1) is 13.2. The molecule has 2 aliphatic rings. The molecule has 1 aromatic carbocycles. The van der Waals surface area contributed by atoms with Gasteiger partial charge in [-0.2, -0.15) is 4.98 Å². The number of nitrogens with zero attached hydrogens (tertiary/aromatic N) is 3. The Morgan fingerprint density at radius 2 is 2.19 bits per heavy atom. The minimum absolute atomic E-state index is 0.256. The number of aromatic nitrogens is 2. The first-order valence-corrected chi connectivity index (χ1v) is 8.23. The van der Waals surface area contributed by atoms with E-state index in [1.54, 1.807) is 0 Å². The third-order valence-corrected chi connectivity index (χ3v) is 5.29. The van der Waals surface area contributed by atoms with E-state index in [0.717, 1.165) is 44.4 Å². The monoisotopic (exact) mass is 302 g/mol. The van der Waals surface area contributed by atoms with Crippen molar-refractivity contribution in [1.29, 1.82) is 0 Å². The maximum atomic E-state index is 5.52. The summed E-state index contributed by atoms with van der Waals surface area (Å²) in [6.45, 7) is 5.97. The number of anilines is 1. The van der Waals surface area contributed by atoms with E-state index < -0.39 is 0 Å². The summed E-state index contributed by atoms with van der Waals surface area (Å²) in [4.78, 5) is 8.15. The van der Waals surface area contributed by atoms with Crippen LogP contribution in [0.5, 0.6) is 0 Å². The molecule has 1 unspecified atom stereocenters. The number of rotatable bonds is 2. The van der Waals surface area contributed by atoms with E-state index >= 15 is 0 Å². The SMILES string of the molecule is Cc1ccc2c(c1)SC(c1nc(N3CCNCC3)no1)C2. The summed E-state index contributed by atoms with van der Waals surface area (Å²) in [5.74, 6) is 1.49. The van der Waals surface area contributed by atoms with Gasteiger partial charge < -0.3 is 14.7 Å². The van der Waals surface area contributed by atoms with Gasteiger partial charge in [0.05, 0.1) is 5.25 Å². The summed E-state index contributed by atoms with van der Waals surface area (Å²) in [7, 11) is 0. The van der Waals surface area contributed by atoms with Gasteiger partial charge in [-0.25, -0.2) is 0 Å². The Morgan fingerprint density at radius 1 is 1.33 bits per heavy atom. The number of aryl methyl sites for hydroxylation is 1. The molecule has 21 heavy (non-hydrogen) atoms. The van der Waals surface area contributed by atoms with Crippen molar-refractivity contribution in [3.05, 3.63) is 35.2 Å². The largest absolute Gasteiger partial charge is 0.336 e. The average molecular weight is 302 g/mol. The predicted octanol–water partition coefficient (Wildman–Crippen LogP) is 2.18.